The first-order chi connectivity index (χ1) is 32.5. The quantitative estimate of drug-likeness (QED) is 0.0225. The summed E-state index contributed by atoms with van der Waals surface area (Å²) >= 11 is 12.5. The van der Waals surface area contributed by atoms with Crippen molar-refractivity contribution in [3.63, 3.8) is 0 Å². The number of esters is 1. The zero-order chi connectivity index (χ0) is 48.9. The predicted molar refractivity (Wildman–Crippen MR) is 268 cm³/mol. The summed E-state index contributed by atoms with van der Waals surface area (Å²) in [4.78, 5) is 29.8. The first kappa shape index (κ1) is 51.3. The molecular weight excluding hydrogens is 950 g/mol. The van der Waals surface area contributed by atoms with Crippen LogP contribution < -0.4 is 24.9 Å². The lowest BCUT2D eigenvalue weighted by Gasteiger charge is -2.42. The lowest BCUT2D eigenvalue weighted by molar-refractivity contribution is -0.153. The molecule has 4 aliphatic rings. The molecule has 0 aromatic heterocycles. The average molecular weight is 1010 g/mol. The van der Waals surface area contributed by atoms with Gasteiger partial charge in [0.2, 0.25) is 21.3 Å². The molecule has 3 aromatic rings. The Kier molecular flexibility index (Phi) is 16.6. The van der Waals surface area contributed by atoms with Gasteiger partial charge in [-0.2, -0.15) is 8.42 Å². The van der Waals surface area contributed by atoms with Crippen LogP contribution in [0.15, 0.2) is 87.0 Å². The van der Waals surface area contributed by atoms with Crippen LogP contribution in [0.5, 0.6) is 0 Å². The lowest BCUT2D eigenvalue weighted by Crippen LogP contribution is -2.49. The van der Waals surface area contributed by atoms with E-state index < -0.39 is 25.0 Å². The van der Waals surface area contributed by atoms with Gasteiger partial charge in [0.25, 0.3) is 10.1 Å². The van der Waals surface area contributed by atoms with Crippen molar-refractivity contribution in [1.82, 2.24) is 19.5 Å². The fraction of sp³-hybridized carbons (Fsp3) is 0.460. The van der Waals surface area contributed by atoms with Gasteiger partial charge in [-0.1, -0.05) is 41.8 Å². The number of hydrogen-bond donors (Lipinski definition) is 3. The third-order valence-corrected chi connectivity index (χ3v) is 16.8. The third-order valence-electron chi connectivity index (χ3n) is 13.7. The topological polar surface area (TPSA) is 179 Å². The molecule has 3 aromatic carbocycles. The number of benzene rings is 4. The van der Waals surface area contributed by atoms with Crippen LogP contribution in [0.1, 0.15) is 84.1 Å². The number of sulfonamides is 1. The molecule has 14 nitrogen and oxygen atoms in total. The molecule has 3 heterocycles. The molecule has 0 spiro atoms. The molecule has 3 aliphatic heterocycles. The van der Waals surface area contributed by atoms with Crippen molar-refractivity contribution in [2.75, 3.05) is 57.8 Å². The van der Waals surface area contributed by atoms with Crippen molar-refractivity contribution in [2.24, 2.45) is 5.92 Å². The molecule has 7 rings (SSSR count). The third kappa shape index (κ3) is 11.2. The summed E-state index contributed by atoms with van der Waals surface area (Å²) in [6.45, 7) is 11.5. The first-order valence-electron chi connectivity index (χ1n) is 23.5. The van der Waals surface area contributed by atoms with E-state index in [2.05, 4.69) is 59.2 Å². The van der Waals surface area contributed by atoms with E-state index in [1.807, 2.05) is 48.5 Å². The van der Waals surface area contributed by atoms with E-state index in [0.717, 1.165) is 68.1 Å². The zero-order valence-corrected chi connectivity index (χ0v) is 42.4. The van der Waals surface area contributed by atoms with Crippen LogP contribution >= 0.6 is 23.2 Å². The number of amides is 1. The largest absolute Gasteiger partial charge is 0.464 e. The Hall–Kier alpha value is -4.55. The maximum absolute atomic E-state index is 13.6. The van der Waals surface area contributed by atoms with Gasteiger partial charge in [-0.3, -0.25) is 19.0 Å². The zero-order valence-electron chi connectivity index (χ0n) is 39.3. The molecule has 2 fully saturated rings. The Balaban J connectivity index is 0.963. The number of anilines is 1. The molecular formula is C50H62Cl2N5O9S2+. The Morgan fingerprint density at radius 1 is 0.868 bits per heavy atom. The summed E-state index contributed by atoms with van der Waals surface area (Å²) < 4.78 is 81.0. The molecule has 2 saturated heterocycles. The minimum atomic E-state index is -4.95. The van der Waals surface area contributed by atoms with Crippen molar-refractivity contribution in [3.05, 3.63) is 93.8 Å². The summed E-state index contributed by atoms with van der Waals surface area (Å²) in [5, 5.41) is 5.22. The summed E-state index contributed by atoms with van der Waals surface area (Å²) in [5.41, 5.74) is 3.56. The number of fused-ring (bicyclic) bond motifs is 4. The monoisotopic (exact) mass is 1010 g/mol. The summed E-state index contributed by atoms with van der Waals surface area (Å²) in [6.07, 6.45) is 4.33. The molecule has 4 atom stereocenters. The van der Waals surface area contributed by atoms with Crippen molar-refractivity contribution in [2.45, 2.75) is 100 Å². The highest BCUT2D eigenvalue weighted by molar-refractivity contribution is 7.89. The van der Waals surface area contributed by atoms with Gasteiger partial charge in [-0.25, -0.2) is 17.7 Å². The molecule has 2 bridgehead atoms. The van der Waals surface area contributed by atoms with Gasteiger partial charge in [0, 0.05) is 84.0 Å². The highest BCUT2D eigenvalue weighted by Gasteiger charge is 2.50. The van der Waals surface area contributed by atoms with Gasteiger partial charge in [-0.15, -0.1) is 0 Å². The number of hydrogen-bond acceptors (Lipinski definition) is 10. The highest BCUT2D eigenvalue weighted by Crippen LogP contribution is 2.48. The number of halogens is 2. The molecule has 68 heavy (non-hydrogen) atoms. The number of carbonyl (C=O) groups is 2. The van der Waals surface area contributed by atoms with Crippen LogP contribution in [0.2, 0.25) is 10.0 Å². The number of ether oxygens (including phenoxy) is 1. The van der Waals surface area contributed by atoms with Gasteiger partial charge in [-0.05, 0) is 115 Å². The van der Waals surface area contributed by atoms with Crippen LogP contribution in [0, 0.1) is 5.92 Å². The minimum absolute atomic E-state index is 0.0288. The van der Waals surface area contributed by atoms with Gasteiger partial charge in [0.05, 0.1) is 33.5 Å². The Labute approximate surface area is 409 Å². The fourth-order valence-electron chi connectivity index (χ4n) is 10.1. The first-order valence-corrected chi connectivity index (χ1v) is 27.2. The van der Waals surface area contributed by atoms with Gasteiger partial charge >= 0.3 is 5.97 Å². The second-order valence-electron chi connectivity index (χ2n) is 17.5. The number of nitrogens with zero attached hydrogens (tertiary/aromatic N) is 3. The fourth-order valence-corrected chi connectivity index (χ4v) is 12.3. The van der Waals surface area contributed by atoms with Gasteiger partial charge < -0.3 is 19.4 Å². The molecule has 0 saturated carbocycles. The Bertz CT molecular complexity index is 2920. The SMILES string of the molecule is CCN(CC)c1ccc2c(-c3ccc(S(=O)(=O)NCCCCCC(=O)NCCOC(=O)[C@H]4[C@@H](c5ccc(Cl)c(Cl)c5)C[C@@H]5CC[C@H]4N5C)cc3S(=O)(=O)O)c3ccc(=[N+](CC)CC)cc-3oc2c1. The molecule has 1 amide bonds. The van der Waals surface area contributed by atoms with E-state index in [4.69, 9.17) is 32.4 Å². The second-order valence-corrected chi connectivity index (χ2v) is 21.5. The van der Waals surface area contributed by atoms with Crippen LogP contribution in [-0.4, -0.2) is 103 Å². The van der Waals surface area contributed by atoms with Crippen molar-refractivity contribution in [3.8, 4) is 22.5 Å². The second kappa shape index (κ2) is 22.0. The van der Waals surface area contributed by atoms with E-state index in [-0.39, 0.29) is 66.3 Å². The van der Waals surface area contributed by atoms with Crippen LogP contribution in [-0.2, 0) is 34.5 Å². The van der Waals surface area contributed by atoms with Crippen LogP contribution in [0.4, 0.5) is 5.69 Å². The van der Waals surface area contributed by atoms with E-state index >= 15 is 0 Å². The smallest absolute Gasteiger partial charge is 0.311 e. The van der Waals surface area contributed by atoms with E-state index in [9.17, 15) is 31.0 Å². The summed E-state index contributed by atoms with van der Waals surface area (Å²) in [6, 6.07) is 21.1. The van der Waals surface area contributed by atoms with E-state index in [0.29, 0.717) is 63.2 Å². The maximum atomic E-state index is 13.6. The Morgan fingerprint density at radius 2 is 1.62 bits per heavy atom. The molecule has 0 radical (unpaired) electrons. The number of unbranched alkanes of at least 4 members (excludes halogenated alkanes) is 2. The van der Waals surface area contributed by atoms with Crippen molar-refractivity contribution >= 4 is 71.9 Å². The molecule has 0 unspecified atom stereocenters. The number of rotatable bonds is 20. The number of piperidine rings is 1. The molecule has 3 N–H and O–H groups in total. The number of nitrogens with one attached hydrogen (secondary N) is 2. The maximum Gasteiger partial charge on any atom is 0.311 e. The molecule has 1 aliphatic carbocycles. The van der Waals surface area contributed by atoms with Crippen molar-refractivity contribution < 1.29 is 40.1 Å². The van der Waals surface area contributed by atoms with Gasteiger partial charge in [0.1, 0.15) is 35.9 Å². The van der Waals surface area contributed by atoms with Crippen molar-refractivity contribution in [1.29, 1.82) is 0 Å². The highest BCUT2D eigenvalue weighted by atomic mass is 35.5. The average Bonchev–Trinajstić information content (AvgIpc) is 3.53. The predicted octanol–water partition coefficient (Wildman–Crippen LogP) is 8.18. The van der Waals surface area contributed by atoms with Crippen LogP contribution in [0.25, 0.3) is 33.4 Å². The summed E-state index contributed by atoms with van der Waals surface area (Å²) in [5.74, 6) is -0.456. The molecule has 366 valence electrons. The number of carbonyl (C=O) groups excluding carboxylic acids is 2. The van der Waals surface area contributed by atoms with E-state index in [1.54, 1.807) is 6.07 Å². The summed E-state index contributed by atoms with van der Waals surface area (Å²) in [7, 11) is -7.12. The molecule has 18 heteroatoms. The Morgan fingerprint density at radius 3 is 2.32 bits per heavy atom. The van der Waals surface area contributed by atoms with E-state index in [1.165, 1.54) is 12.1 Å². The normalized spacial score (nSPS) is 18.5. The standard InChI is InChI=1S/C50H61Cl2N5O9S2/c1-6-56(7-2)34-15-19-37-44(29-34)66-45-30-35(57(8-3)9-4)16-20-38(45)48(37)39-21-18-36(31-46(39)68(62,63)64)67(60,61)54-24-12-10-11-13-47(58)53-25-26-65-50(59)49-40(28-33-17-23-43(49)55(33)5)32-14-22-41(51)42(52)27-32/h14-16,18-22,27,29-31,33,40,43,49,54H,6-13,17,23-26,28H2,1-5H3,(H-,53,58,62,63,64)/p+1/t33-,40+,43+,49-/m0/s1. The van der Waals surface area contributed by atoms with Gasteiger partial charge in [0.15, 0.2) is 0 Å². The van der Waals surface area contributed by atoms with Crippen LogP contribution in [0.3, 0.4) is 0 Å². The lowest BCUT2D eigenvalue weighted by atomic mass is 9.76. The minimum Gasteiger partial charge on any atom is -0.464 e.